The lowest BCUT2D eigenvalue weighted by atomic mass is 10.2. The summed E-state index contributed by atoms with van der Waals surface area (Å²) in [5.41, 5.74) is 5.97. The fourth-order valence-electron chi connectivity index (χ4n) is 1.13. The Kier molecular flexibility index (Phi) is 4.47. The van der Waals surface area contributed by atoms with E-state index in [1.165, 1.54) is 6.08 Å². The summed E-state index contributed by atoms with van der Waals surface area (Å²) in [6, 6.07) is 7.35. The summed E-state index contributed by atoms with van der Waals surface area (Å²) in [7, 11) is 1.57. The second-order valence-electron chi connectivity index (χ2n) is 2.93. The molecule has 0 bridgehead atoms. The molecule has 0 saturated carbocycles. The van der Waals surface area contributed by atoms with Gasteiger partial charge in [-0.25, -0.2) is 0 Å². The van der Waals surface area contributed by atoms with Crippen LogP contribution in [-0.4, -0.2) is 18.1 Å². The predicted molar refractivity (Wildman–Crippen MR) is 67.0 cm³/mol. The Labute approximate surface area is 99.1 Å². The van der Waals surface area contributed by atoms with Crippen molar-refractivity contribution in [3.63, 3.8) is 0 Å². The molecule has 16 heavy (non-hydrogen) atoms. The molecule has 1 amide bonds. The molecule has 1 rings (SSSR count). The van der Waals surface area contributed by atoms with Gasteiger partial charge in [-0.05, 0) is 24.4 Å². The molecule has 0 fully saturated rings. The van der Waals surface area contributed by atoms with Crippen LogP contribution in [0.1, 0.15) is 5.56 Å². The number of amides is 1. The van der Waals surface area contributed by atoms with Gasteiger partial charge in [0.25, 0.3) is 0 Å². The van der Waals surface area contributed by atoms with E-state index in [1.54, 1.807) is 13.2 Å². The fraction of sp³-hybridized carbons (Fsp3) is 0.0909. The molecule has 0 radical (unpaired) electrons. The normalized spacial score (nSPS) is 10.1. The molecular weight excluding hydrogens is 224 g/mol. The van der Waals surface area contributed by atoms with Gasteiger partial charge in [-0.3, -0.25) is 10.1 Å². The van der Waals surface area contributed by atoms with Crippen LogP contribution in [-0.2, 0) is 4.79 Å². The number of nitrogens with two attached hydrogens (primary N) is 1. The standard InChI is InChI=1S/C11H12N2O2S/c1-15-9-5-3-2-4-8(9)6-7-10(14)13-11(12)16/h2-7H,1H3,(H3,12,13,14,16)/b7-6+. The molecule has 0 atom stereocenters. The summed E-state index contributed by atoms with van der Waals surface area (Å²) in [6.07, 6.45) is 2.98. The van der Waals surface area contributed by atoms with E-state index in [2.05, 4.69) is 17.5 Å². The molecule has 0 aliphatic heterocycles. The minimum atomic E-state index is -0.363. The van der Waals surface area contributed by atoms with Crippen molar-refractivity contribution in [3.8, 4) is 5.75 Å². The number of hydrogen-bond acceptors (Lipinski definition) is 3. The molecule has 0 saturated heterocycles. The van der Waals surface area contributed by atoms with E-state index < -0.39 is 0 Å². The van der Waals surface area contributed by atoms with Crippen molar-refractivity contribution < 1.29 is 9.53 Å². The van der Waals surface area contributed by atoms with Gasteiger partial charge >= 0.3 is 0 Å². The zero-order valence-electron chi connectivity index (χ0n) is 8.77. The molecule has 1 aromatic rings. The molecule has 0 unspecified atom stereocenters. The molecule has 3 N–H and O–H groups in total. The molecule has 1 aromatic carbocycles. The van der Waals surface area contributed by atoms with E-state index in [0.717, 1.165) is 5.56 Å². The van der Waals surface area contributed by atoms with Crippen molar-refractivity contribution in [2.45, 2.75) is 0 Å². The third kappa shape index (κ3) is 3.70. The Morgan fingerprint density at radius 3 is 2.81 bits per heavy atom. The third-order valence-corrected chi connectivity index (χ3v) is 1.90. The van der Waals surface area contributed by atoms with Crippen LogP contribution >= 0.6 is 12.2 Å². The maximum absolute atomic E-state index is 11.2. The summed E-state index contributed by atoms with van der Waals surface area (Å²) in [4.78, 5) is 11.2. The Morgan fingerprint density at radius 2 is 2.19 bits per heavy atom. The number of carbonyl (C=O) groups is 1. The molecular formula is C11H12N2O2S. The second kappa shape index (κ2) is 5.87. The monoisotopic (exact) mass is 236 g/mol. The van der Waals surface area contributed by atoms with Gasteiger partial charge in [-0.15, -0.1) is 0 Å². The van der Waals surface area contributed by atoms with Crippen molar-refractivity contribution >= 4 is 29.3 Å². The van der Waals surface area contributed by atoms with Gasteiger partial charge in [0.15, 0.2) is 5.11 Å². The molecule has 84 valence electrons. The number of ether oxygens (including phenoxy) is 1. The number of methoxy groups -OCH3 is 1. The van der Waals surface area contributed by atoms with Gasteiger partial charge in [0.1, 0.15) is 5.75 Å². The lowest BCUT2D eigenvalue weighted by Gasteiger charge is -2.03. The van der Waals surface area contributed by atoms with Crippen molar-refractivity contribution in [2.24, 2.45) is 5.73 Å². The topological polar surface area (TPSA) is 64.3 Å². The maximum Gasteiger partial charge on any atom is 0.250 e. The first-order valence-corrected chi connectivity index (χ1v) is 4.96. The van der Waals surface area contributed by atoms with Gasteiger partial charge in [0.2, 0.25) is 5.91 Å². The highest BCUT2D eigenvalue weighted by Gasteiger charge is 1.99. The van der Waals surface area contributed by atoms with Crippen molar-refractivity contribution in [1.29, 1.82) is 0 Å². The molecule has 4 nitrogen and oxygen atoms in total. The smallest absolute Gasteiger partial charge is 0.250 e. The minimum absolute atomic E-state index is 0.0466. The number of thiocarbonyl (C=S) groups is 1. The molecule has 0 spiro atoms. The summed E-state index contributed by atoms with van der Waals surface area (Å²) in [5, 5.41) is 2.25. The van der Waals surface area contributed by atoms with E-state index in [9.17, 15) is 4.79 Å². The highest BCUT2D eigenvalue weighted by Crippen LogP contribution is 2.18. The number of benzene rings is 1. The number of nitrogens with one attached hydrogen (secondary N) is 1. The SMILES string of the molecule is COc1ccccc1/C=C/C(=O)NC(N)=S. The highest BCUT2D eigenvalue weighted by atomic mass is 32.1. The minimum Gasteiger partial charge on any atom is -0.496 e. The molecule has 0 aliphatic rings. The zero-order valence-corrected chi connectivity index (χ0v) is 9.58. The summed E-state index contributed by atoms with van der Waals surface area (Å²) < 4.78 is 5.13. The first kappa shape index (κ1) is 12.2. The first-order chi connectivity index (χ1) is 7.63. The van der Waals surface area contributed by atoms with Crippen LogP contribution in [0.25, 0.3) is 6.08 Å². The van der Waals surface area contributed by atoms with Crippen LogP contribution in [0, 0.1) is 0 Å². The van der Waals surface area contributed by atoms with Gasteiger partial charge in [0, 0.05) is 11.6 Å². The molecule has 5 heteroatoms. The van der Waals surface area contributed by atoms with Crippen LogP contribution in [0.3, 0.4) is 0 Å². The predicted octanol–water partition coefficient (Wildman–Crippen LogP) is 1.07. The number of carbonyl (C=O) groups excluding carboxylic acids is 1. The second-order valence-corrected chi connectivity index (χ2v) is 3.37. The average Bonchev–Trinajstić information content (AvgIpc) is 2.26. The molecule has 0 aromatic heterocycles. The summed E-state index contributed by atoms with van der Waals surface area (Å²) in [5.74, 6) is 0.334. The van der Waals surface area contributed by atoms with Crippen molar-refractivity contribution in [2.75, 3.05) is 7.11 Å². The lowest BCUT2D eigenvalue weighted by molar-refractivity contribution is -0.115. The van der Waals surface area contributed by atoms with Gasteiger partial charge in [-0.1, -0.05) is 18.2 Å². The van der Waals surface area contributed by atoms with E-state index in [-0.39, 0.29) is 11.0 Å². The summed E-state index contributed by atoms with van der Waals surface area (Å²) >= 11 is 4.54. The van der Waals surface area contributed by atoms with Crippen molar-refractivity contribution in [3.05, 3.63) is 35.9 Å². The molecule has 0 aliphatic carbocycles. The molecule has 0 heterocycles. The van der Waals surface area contributed by atoms with Gasteiger partial charge < -0.3 is 10.5 Å². The van der Waals surface area contributed by atoms with E-state index in [1.807, 2.05) is 24.3 Å². The van der Waals surface area contributed by atoms with E-state index in [0.29, 0.717) is 5.75 Å². The average molecular weight is 236 g/mol. The van der Waals surface area contributed by atoms with Gasteiger partial charge in [-0.2, -0.15) is 0 Å². The Morgan fingerprint density at radius 1 is 1.50 bits per heavy atom. The Bertz CT molecular complexity index is 430. The largest absolute Gasteiger partial charge is 0.496 e. The number of hydrogen-bond donors (Lipinski definition) is 2. The quantitative estimate of drug-likeness (QED) is 0.608. The fourth-order valence-corrected chi connectivity index (χ4v) is 1.23. The van der Waals surface area contributed by atoms with Crippen molar-refractivity contribution in [1.82, 2.24) is 5.32 Å². The van der Waals surface area contributed by atoms with Crippen LogP contribution < -0.4 is 15.8 Å². The Hall–Kier alpha value is -1.88. The zero-order chi connectivity index (χ0) is 12.0. The third-order valence-electron chi connectivity index (χ3n) is 1.80. The summed E-state index contributed by atoms with van der Waals surface area (Å²) in [6.45, 7) is 0. The van der Waals surface area contributed by atoms with Crippen LogP contribution in [0.15, 0.2) is 30.3 Å². The van der Waals surface area contributed by atoms with Crippen LogP contribution in [0.4, 0.5) is 0 Å². The lowest BCUT2D eigenvalue weighted by Crippen LogP contribution is -2.33. The first-order valence-electron chi connectivity index (χ1n) is 4.55. The van der Waals surface area contributed by atoms with Crippen LogP contribution in [0.5, 0.6) is 5.75 Å². The Balaban J connectivity index is 2.76. The maximum atomic E-state index is 11.2. The number of rotatable bonds is 3. The van der Waals surface area contributed by atoms with E-state index >= 15 is 0 Å². The number of para-hydroxylation sites is 1. The highest BCUT2D eigenvalue weighted by molar-refractivity contribution is 7.80. The van der Waals surface area contributed by atoms with E-state index in [4.69, 9.17) is 10.5 Å². The van der Waals surface area contributed by atoms with Gasteiger partial charge in [0.05, 0.1) is 7.11 Å². The van der Waals surface area contributed by atoms with Crippen LogP contribution in [0.2, 0.25) is 0 Å².